The minimum absolute atomic E-state index is 0.449. The van der Waals surface area contributed by atoms with Crippen LogP contribution in [0.1, 0.15) is 5.56 Å². The number of aromatic nitrogens is 1. The number of ether oxygens (including phenoxy) is 1. The molecule has 4 rings (SSSR count). The van der Waals surface area contributed by atoms with E-state index in [1.807, 2.05) is 12.3 Å². The van der Waals surface area contributed by atoms with Crippen LogP contribution in [0.15, 0.2) is 36.5 Å². The number of hydrogen-bond acceptors (Lipinski definition) is 5. The van der Waals surface area contributed by atoms with Crippen LogP contribution in [0.4, 0.5) is 0 Å². The topological polar surface area (TPSA) is 66.0 Å². The van der Waals surface area contributed by atoms with E-state index in [9.17, 15) is 8.42 Å². The Balaban J connectivity index is 1.40. The Morgan fingerprint density at radius 1 is 0.923 bits per heavy atom. The summed E-state index contributed by atoms with van der Waals surface area (Å²) in [6.07, 6.45) is 1.82. The molecule has 2 aromatic rings. The largest absolute Gasteiger partial charge is 0.379 e. The number of morpholine rings is 1. The molecular weight excluding hydrogens is 352 g/mol. The summed E-state index contributed by atoms with van der Waals surface area (Å²) in [6.45, 7) is 5.16. The summed E-state index contributed by atoms with van der Waals surface area (Å²) in [5.41, 5.74) is 2.21. The van der Waals surface area contributed by atoms with Gasteiger partial charge in [-0.1, -0.05) is 24.3 Å². The molecule has 0 N–H and O–H groups in total. The molecule has 0 unspecified atom stereocenters. The van der Waals surface area contributed by atoms with Crippen molar-refractivity contribution >= 4 is 21.1 Å². The Morgan fingerprint density at radius 2 is 1.62 bits per heavy atom. The molecule has 3 heterocycles. The van der Waals surface area contributed by atoms with Crippen molar-refractivity contribution in [2.75, 3.05) is 52.5 Å². The second-order valence-corrected chi connectivity index (χ2v) is 8.62. The van der Waals surface area contributed by atoms with E-state index in [-0.39, 0.29) is 0 Å². The third-order valence-corrected chi connectivity index (χ3v) is 7.10. The van der Waals surface area contributed by atoms with E-state index in [1.54, 1.807) is 8.61 Å². The van der Waals surface area contributed by atoms with Crippen molar-refractivity contribution < 1.29 is 13.2 Å². The molecule has 0 atom stereocenters. The SMILES string of the molecule is O=S(=O)(N1CCOCC1)N1CCN(Cc2cccc3cccnc23)CC1. The summed E-state index contributed by atoms with van der Waals surface area (Å²) >= 11 is 0. The lowest BCUT2D eigenvalue weighted by Gasteiger charge is -2.37. The van der Waals surface area contributed by atoms with Crippen molar-refractivity contribution in [3.05, 3.63) is 42.1 Å². The smallest absolute Gasteiger partial charge is 0.282 e. The second-order valence-electron chi connectivity index (χ2n) is 6.69. The molecule has 7 nitrogen and oxygen atoms in total. The van der Waals surface area contributed by atoms with Crippen molar-refractivity contribution in [2.24, 2.45) is 0 Å². The van der Waals surface area contributed by atoms with E-state index >= 15 is 0 Å². The fourth-order valence-corrected chi connectivity index (χ4v) is 5.16. The quantitative estimate of drug-likeness (QED) is 0.794. The molecule has 0 aliphatic carbocycles. The number of pyridine rings is 1. The summed E-state index contributed by atoms with van der Waals surface area (Å²) in [4.78, 5) is 6.81. The van der Waals surface area contributed by atoms with Crippen LogP contribution in [0, 0.1) is 0 Å². The third kappa shape index (κ3) is 3.60. The van der Waals surface area contributed by atoms with E-state index in [4.69, 9.17) is 4.74 Å². The zero-order valence-corrected chi connectivity index (χ0v) is 15.6. The summed E-state index contributed by atoms with van der Waals surface area (Å²) in [5.74, 6) is 0. The van der Waals surface area contributed by atoms with Crippen molar-refractivity contribution in [3.8, 4) is 0 Å². The molecule has 26 heavy (non-hydrogen) atoms. The summed E-state index contributed by atoms with van der Waals surface area (Å²) in [6, 6.07) is 10.2. The number of rotatable bonds is 4. The van der Waals surface area contributed by atoms with E-state index in [2.05, 4.69) is 34.1 Å². The molecule has 2 fully saturated rings. The molecule has 2 aliphatic rings. The van der Waals surface area contributed by atoms with Crippen LogP contribution in [-0.2, 0) is 21.5 Å². The highest BCUT2D eigenvalue weighted by Crippen LogP contribution is 2.20. The Kier molecular flexibility index (Phi) is 5.19. The average Bonchev–Trinajstić information content (AvgIpc) is 2.69. The van der Waals surface area contributed by atoms with Gasteiger partial charge in [0.2, 0.25) is 0 Å². The Morgan fingerprint density at radius 3 is 2.38 bits per heavy atom. The van der Waals surface area contributed by atoms with Gasteiger partial charge in [-0.25, -0.2) is 0 Å². The molecule has 2 saturated heterocycles. The van der Waals surface area contributed by atoms with E-state index in [1.165, 1.54) is 5.56 Å². The molecule has 0 bridgehead atoms. The molecule has 140 valence electrons. The summed E-state index contributed by atoms with van der Waals surface area (Å²) in [5, 5.41) is 1.14. The molecule has 0 radical (unpaired) electrons. The van der Waals surface area contributed by atoms with Gasteiger partial charge in [-0.05, 0) is 11.6 Å². The van der Waals surface area contributed by atoms with Crippen molar-refractivity contribution in [1.82, 2.24) is 18.5 Å². The lowest BCUT2D eigenvalue weighted by molar-refractivity contribution is 0.0684. The average molecular weight is 376 g/mol. The molecule has 2 aliphatic heterocycles. The highest BCUT2D eigenvalue weighted by Gasteiger charge is 2.33. The zero-order chi connectivity index (χ0) is 18.0. The van der Waals surface area contributed by atoms with Gasteiger partial charge in [-0.15, -0.1) is 0 Å². The van der Waals surface area contributed by atoms with Crippen LogP contribution in [0.3, 0.4) is 0 Å². The first kappa shape index (κ1) is 17.8. The highest BCUT2D eigenvalue weighted by molar-refractivity contribution is 7.86. The van der Waals surface area contributed by atoms with Gasteiger partial charge >= 0.3 is 0 Å². The number of nitrogens with zero attached hydrogens (tertiary/aromatic N) is 4. The van der Waals surface area contributed by atoms with Crippen LogP contribution >= 0.6 is 0 Å². The minimum Gasteiger partial charge on any atom is -0.379 e. The van der Waals surface area contributed by atoms with Gasteiger partial charge in [0.15, 0.2) is 0 Å². The molecule has 1 aromatic carbocycles. The first-order chi connectivity index (χ1) is 12.6. The Hall–Kier alpha value is -1.58. The normalized spacial score (nSPS) is 21.2. The fourth-order valence-electron chi connectivity index (χ4n) is 3.59. The number of piperazine rings is 1. The van der Waals surface area contributed by atoms with Crippen LogP contribution in [0.5, 0.6) is 0 Å². The van der Waals surface area contributed by atoms with Gasteiger partial charge in [-0.3, -0.25) is 9.88 Å². The van der Waals surface area contributed by atoms with Gasteiger partial charge in [0.25, 0.3) is 10.2 Å². The van der Waals surface area contributed by atoms with Gasteiger partial charge in [0.1, 0.15) is 0 Å². The van der Waals surface area contributed by atoms with Gasteiger partial charge < -0.3 is 4.74 Å². The van der Waals surface area contributed by atoms with Crippen molar-refractivity contribution in [3.63, 3.8) is 0 Å². The van der Waals surface area contributed by atoms with E-state index < -0.39 is 10.2 Å². The third-order valence-electron chi connectivity index (χ3n) is 5.06. The fraction of sp³-hybridized carbons (Fsp3) is 0.500. The van der Waals surface area contributed by atoms with E-state index in [0.717, 1.165) is 30.5 Å². The Bertz CT molecular complexity index is 854. The van der Waals surface area contributed by atoms with Crippen LogP contribution in [-0.4, -0.2) is 79.4 Å². The first-order valence-electron chi connectivity index (χ1n) is 9.02. The number of benzene rings is 1. The maximum absolute atomic E-state index is 12.7. The molecule has 8 heteroatoms. The van der Waals surface area contributed by atoms with Gasteiger partial charge in [0, 0.05) is 57.4 Å². The zero-order valence-electron chi connectivity index (χ0n) is 14.7. The second kappa shape index (κ2) is 7.58. The van der Waals surface area contributed by atoms with Crippen LogP contribution in [0.25, 0.3) is 10.9 Å². The van der Waals surface area contributed by atoms with Gasteiger partial charge in [0.05, 0.1) is 18.7 Å². The molecule has 0 amide bonds. The Labute approximate surface area is 154 Å². The lowest BCUT2D eigenvalue weighted by Crippen LogP contribution is -2.54. The standard InChI is InChI=1S/C18H24N4O3S/c23-26(24,22-11-13-25-14-12-22)21-9-7-20(8-10-21)15-17-4-1-3-16-5-2-6-19-18(16)17/h1-6H,7-15H2. The first-order valence-corrected chi connectivity index (χ1v) is 10.4. The summed E-state index contributed by atoms with van der Waals surface area (Å²) in [7, 11) is -3.37. The molecular formula is C18H24N4O3S. The van der Waals surface area contributed by atoms with Crippen molar-refractivity contribution in [1.29, 1.82) is 0 Å². The maximum Gasteiger partial charge on any atom is 0.282 e. The molecule has 0 spiro atoms. The predicted molar refractivity (Wildman–Crippen MR) is 99.9 cm³/mol. The number of hydrogen-bond donors (Lipinski definition) is 0. The maximum atomic E-state index is 12.7. The minimum atomic E-state index is -3.37. The van der Waals surface area contributed by atoms with Crippen molar-refractivity contribution in [2.45, 2.75) is 6.54 Å². The van der Waals surface area contributed by atoms with Crippen LogP contribution in [0.2, 0.25) is 0 Å². The lowest BCUT2D eigenvalue weighted by atomic mass is 10.1. The molecule has 0 saturated carbocycles. The van der Waals surface area contributed by atoms with E-state index in [0.29, 0.717) is 39.4 Å². The van der Waals surface area contributed by atoms with Gasteiger partial charge in [-0.2, -0.15) is 17.0 Å². The predicted octanol–water partition coefficient (Wildman–Crippen LogP) is 0.929. The number of para-hydroxylation sites is 1. The summed E-state index contributed by atoms with van der Waals surface area (Å²) < 4.78 is 33.9. The number of fused-ring (bicyclic) bond motifs is 1. The monoisotopic (exact) mass is 376 g/mol. The highest BCUT2D eigenvalue weighted by atomic mass is 32.2. The molecule has 1 aromatic heterocycles. The van der Waals surface area contributed by atoms with Crippen LogP contribution < -0.4 is 0 Å².